The van der Waals surface area contributed by atoms with Gasteiger partial charge in [0.2, 0.25) is 0 Å². The van der Waals surface area contributed by atoms with Crippen LogP contribution in [0.3, 0.4) is 0 Å². The molecule has 0 N–H and O–H groups in total. The van der Waals surface area contributed by atoms with Gasteiger partial charge in [-0.05, 0) is 19.3 Å². The summed E-state index contributed by atoms with van der Waals surface area (Å²) in [6.07, 6.45) is 0. The molecular formula is C9H15LiNSi. The fourth-order valence-electron chi connectivity index (χ4n) is 0.837. The molecule has 0 bridgehead atoms. The molecule has 0 heterocycles. The molecule has 0 atom stereocenters. The molecule has 1 rings (SSSR count). The van der Waals surface area contributed by atoms with Crippen LogP contribution >= 0.6 is 0 Å². The van der Waals surface area contributed by atoms with E-state index < -0.39 is 0 Å². The molecule has 1 radical (unpaired) electrons. The molecule has 12 heavy (non-hydrogen) atoms. The summed E-state index contributed by atoms with van der Waals surface area (Å²) in [7, 11) is 4.55. The Bertz CT molecular complexity index is 189. The van der Waals surface area contributed by atoms with Gasteiger partial charge in [0.15, 0.2) is 9.68 Å². The second kappa shape index (κ2) is 7.63. The zero-order chi connectivity index (χ0) is 7.40. The quantitative estimate of drug-likeness (QED) is 0.357. The molecule has 0 saturated heterocycles. The fraction of sp³-hybridized carbons (Fsp3) is 0.222. The molecule has 1 aromatic rings. The first kappa shape index (κ1) is 14.5. The van der Waals surface area contributed by atoms with Gasteiger partial charge in [0, 0.05) is 0 Å². The third kappa shape index (κ3) is 5.62. The molecule has 1 aromatic carbocycles. The molecule has 0 aliphatic carbocycles. The van der Waals surface area contributed by atoms with Crippen molar-refractivity contribution in [3.63, 3.8) is 0 Å². The maximum Gasteiger partial charge on any atom is 1.00 e. The van der Waals surface area contributed by atoms with Crippen molar-refractivity contribution in [2.24, 2.45) is 0 Å². The van der Waals surface area contributed by atoms with Gasteiger partial charge in [-0.15, -0.1) is 0 Å². The fourth-order valence-corrected chi connectivity index (χ4v) is 1.83. The van der Waals surface area contributed by atoms with E-state index in [1.807, 2.05) is 0 Å². The van der Waals surface area contributed by atoms with Crippen molar-refractivity contribution in [2.45, 2.75) is 0 Å². The molecule has 0 aliphatic heterocycles. The Kier molecular flexibility index (Phi) is 9.23. The molecule has 0 aromatic heterocycles. The Morgan fingerprint density at radius 1 is 1.08 bits per heavy atom. The van der Waals surface area contributed by atoms with Gasteiger partial charge in [0.05, 0.1) is 0 Å². The van der Waals surface area contributed by atoms with Crippen molar-refractivity contribution in [1.29, 1.82) is 0 Å². The van der Waals surface area contributed by atoms with Gasteiger partial charge in [0.1, 0.15) is 0 Å². The summed E-state index contributed by atoms with van der Waals surface area (Å²) in [4.78, 5) is 0. The normalized spacial score (nSPS) is 8.58. The van der Waals surface area contributed by atoms with E-state index in [0.717, 1.165) is 0 Å². The third-order valence-corrected chi connectivity index (χ3v) is 2.41. The standard InChI is InChI=1S/C8H12NSi.CH3.Li/c1-9(2)10-8-6-4-3-5-7-8;;/h3-7,10H,1-2H3;1H3;/q;-1;+1. The Morgan fingerprint density at radius 3 is 2.00 bits per heavy atom. The first-order chi connectivity index (χ1) is 4.79. The van der Waals surface area contributed by atoms with Crippen LogP contribution in [0.2, 0.25) is 0 Å². The van der Waals surface area contributed by atoms with Crippen LogP contribution in [0.1, 0.15) is 0 Å². The first-order valence-electron chi connectivity index (χ1n) is 3.35. The molecule has 3 heteroatoms. The number of hydrogen-bond donors (Lipinski definition) is 0. The molecule has 0 aliphatic rings. The smallest absolute Gasteiger partial charge is 0.358 e. The van der Waals surface area contributed by atoms with E-state index in [0.29, 0.717) is 9.68 Å². The summed E-state index contributed by atoms with van der Waals surface area (Å²) in [5, 5.41) is 1.45. The summed E-state index contributed by atoms with van der Waals surface area (Å²) < 4.78 is 2.25. The van der Waals surface area contributed by atoms with Crippen LogP contribution in [0, 0.1) is 7.43 Å². The van der Waals surface area contributed by atoms with Gasteiger partial charge in [0.25, 0.3) is 0 Å². The van der Waals surface area contributed by atoms with E-state index >= 15 is 0 Å². The minimum absolute atomic E-state index is 0. The summed E-state index contributed by atoms with van der Waals surface area (Å²) in [6, 6.07) is 10.6. The zero-order valence-electron chi connectivity index (χ0n) is 8.41. The van der Waals surface area contributed by atoms with E-state index in [4.69, 9.17) is 0 Å². The molecule has 0 fully saturated rings. The molecule has 61 valence electrons. The second-order valence-electron chi connectivity index (χ2n) is 2.50. The second-order valence-corrected chi connectivity index (χ2v) is 4.46. The van der Waals surface area contributed by atoms with Crippen molar-refractivity contribution in [3.8, 4) is 0 Å². The van der Waals surface area contributed by atoms with Gasteiger partial charge in [-0.25, -0.2) is 0 Å². The summed E-state index contributed by atoms with van der Waals surface area (Å²) in [6.45, 7) is 0. The van der Waals surface area contributed by atoms with E-state index in [2.05, 4.69) is 49.0 Å². The van der Waals surface area contributed by atoms with Crippen LogP contribution in [0.5, 0.6) is 0 Å². The number of nitrogens with zero attached hydrogens (tertiary/aromatic N) is 1. The van der Waals surface area contributed by atoms with Crippen LogP contribution < -0.4 is 24.0 Å². The Hall–Kier alpha value is -0.00571. The summed E-state index contributed by atoms with van der Waals surface area (Å²) in [5.74, 6) is 0. The molecule has 0 amide bonds. The molecule has 0 spiro atoms. The van der Waals surface area contributed by atoms with Gasteiger partial charge >= 0.3 is 18.9 Å². The van der Waals surface area contributed by atoms with Crippen molar-refractivity contribution >= 4 is 14.9 Å². The van der Waals surface area contributed by atoms with Crippen molar-refractivity contribution in [3.05, 3.63) is 37.8 Å². The van der Waals surface area contributed by atoms with Crippen LogP contribution in [0.25, 0.3) is 0 Å². The third-order valence-electron chi connectivity index (χ3n) is 1.21. The van der Waals surface area contributed by atoms with Crippen LogP contribution in [-0.2, 0) is 0 Å². The van der Waals surface area contributed by atoms with Gasteiger partial charge < -0.3 is 12.0 Å². The topological polar surface area (TPSA) is 3.24 Å². The van der Waals surface area contributed by atoms with Gasteiger partial charge in [-0.1, -0.05) is 30.3 Å². The Morgan fingerprint density at radius 2 is 1.58 bits per heavy atom. The van der Waals surface area contributed by atoms with Crippen molar-refractivity contribution in [1.82, 2.24) is 4.57 Å². The molecular weight excluding hydrogens is 157 g/mol. The predicted molar refractivity (Wildman–Crippen MR) is 53.3 cm³/mol. The minimum atomic E-state index is 0. The zero-order valence-corrected chi connectivity index (χ0v) is 9.57. The van der Waals surface area contributed by atoms with Crippen molar-refractivity contribution < 1.29 is 18.9 Å². The van der Waals surface area contributed by atoms with Gasteiger partial charge in [-0.2, -0.15) is 0 Å². The maximum absolute atomic E-state index is 2.25. The van der Waals surface area contributed by atoms with E-state index in [-0.39, 0.29) is 26.3 Å². The number of benzene rings is 1. The van der Waals surface area contributed by atoms with E-state index in [9.17, 15) is 0 Å². The Labute approximate surface area is 90.2 Å². The number of rotatable bonds is 2. The van der Waals surface area contributed by atoms with E-state index in [1.54, 1.807) is 0 Å². The van der Waals surface area contributed by atoms with Crippen molar-refractivity contribution in [2.75, 3.05) is 14.1 Å². The molecule has 0 saturated carbocycles. The van der Waals surface area contributed by atoms with Crippen LogP contribution in [-0.4, -0.2) is 28.3 Å². The number of hydrogen-bond acceptors (Lipinski definition) is 1. The van der Waals surface area contributed by atoms with Gasteiger partial charge in [-0.3, -0.25) is 0 Å². The van der Waals surface area contributed by atoms with Crippen LogP contribution in [0.15, 0.2) is 30.3 Å². The summed E-state index contributed by atoms with van der Waals surface area (Å²) in [5.41, 5.74) is 0. The Balaban J connectivity index is 0. The molecule has 1 nitrogen and oxygen atoms in total. The maximum atomic E-state index is 2.25. The molecule has 0 unspecified atom stereocenters. The average Bonchev–Trinajstić information content (AvgIpc) is 1.88. The monoisotopic (exact) mass is 172 g/mol. The van der Waals surface area contributed by atoms with E-state index in [1.165, 1.54) is 5.19 Å². The summed E-state index contributed by atoms with van der Waals surface area (Å²) >= 11 is 0. The first-order valence-corrected chi connectivity index (χ1v) is 4.45. The largest absolute Gasteiger partial charge is 1.00 e. The average molecular weight is 172 g/mol. The predicted octanol–water partition coefficient (Wildman–Crippen LogP) is -2.32. The minimum Gasteiger partial charge on any atom is -0.358 e. The van der Waals surface area contributed by atoms with Crippen LogP contribution in [0.4, 0.5) is 0 Å². The SMILES string of the molecule is CN(C)[SiH]c1ccccc1.[CH3-].[Li+].